The monoisotopic (exact) mass is 1350 g/mol. The van der Waals surface area contributed by atoms with E-state index >= 15 is 0 Å². The third kappa shape index (κ3) is 30.1. The summed E-state index contributed by atoms with van der Waals surface area (Å²) in [6, 6.07) is 0. The Labute approximate surface area is 605 Å². The van der Waals surface area contributed by atoms with Crippen LogP contribution in [0.2, 0.25) is 67.2 Å². The lowest BCUT2D eigenvalue weighted by Gasteiger charge is -2.54. The largest absolute Gasteiger partial charge is 0.456 e. The molecule has 0 unspecified atom stereocenters. The van der Waals surface area contributed by atoms with Crippen molar-refractivity contribution < 1.29 is 18.6 Å². The molecule has 0 aromatic heterocycles. The Morgan fingerprint density at radius 2 is 0.835 bits per heavy atom. The number of hydrogen-bond acceptors (Lipinski definition) is 32. The van der Waals surface area contributed by atoms with Gasteiger partial charge >= 0.3 is 78.6 Å². The van der Waals surface area contributed by atoms with E-state index in [1.54, 1.807) is 14.2 Å². The van der Waals surface area contributed by atoms with Crippen molar-refractivity contribution in [1.82, 2.24) is 139 Å². The second-order valence-corrected chi connectivity index (χ2v) is 26.9. The molecule has 0 amide bonds. The van der Waals surface area contributed by atoms with Crippen LogP contribution in [-0.2, 0) is 18.6 Å². The zero-order chi connectivity index (χ0) is 74.3. The maximum Gasteiger partial charge on any atom is 0.456 e. The molecule has 0 radical (unpaired) electrons. The second-order valence-electron chi connectivity index (χ2n) is 26.9. The van der Waals surface area contributed by atoms with Gasteiger partial charge in [-0.05, 0) is 172 Å². The van der Waals surface area contributed by atoms with Gasteiger partial charge in [0.25, 0.3) is 69.8 Å². The smallest absolute Gasteiger partial charge is 0.412 e. The Hall–Kier alpha value is 0.0836. The van der Waals surface area contributed by atoms with Gasteiger partial charge in [-0.2, -0.15) is 0 Å². The lowest BCUT2D eigenvalue weighted by Crippen LogP contribution is -2.79. The van der Waals surface area contributed by atoms with E-state index in [1.807, 2.05) is 70.0 Å². The normalized spacial score (nSPS) is 20.1. The van der Waals surface area contributed by atoms with Crippen molar-refractivity contribution in [2.75, 3.05) is 173 Å². The molecular formula is C44H137B21N28O4. The van der Waals surface area contributed by atoms with E-state index in [1.165, 1.54) is 6.32 Å². The van der Waals surface area contributed by atoms with Crippen LogP contribution < -0.4 is 72.1 Å². The summed E-state index contributed by atoms with van der Waals surface area (Å²) in [4.78, 5) is 11.2. The molecule has 540 valence electrons. The average molecular weight is 1350 g/mol. The average Bonchev–Trinajstić information content (AvgIpc) is 0.779. The first kappa shape index (κ1) is 95.1. The SMILES string of the molecule is CB1N(C)B(C)N(C)B(N(C)C)N1C.CCB1N(CC)B(C)N(CC)B(N(C)CC)N1CC.CCB1NB(C)NB(N(C)CC)N1.CCOB1NB(C)NB(N(C)C)N1C.CCOB1NB(C)NB(NC)N1C.CNB1NB(C)NB(OC)N1.COB1NB(C)NB(N(C)C)N1C. The van der Waals surface area contributed by atoms with Crippen LogP contribution in [-0.4, -0.2) is 388 Å². The fourth-order valence-corrected chi connectivity index (χ4v) is 13.3. The Morgan fingerprint density at radius 3 is 1.24 bits per heavy atom. The van der Waals surface area contributed by atoms with Crippen molar-refractivity contribution in [3.63, 3.8) is 0 Å². The van der Waals surface area contributed by atoms with Crippen molar-refractivity contribution >= 4 is 148 Å². The summed E-state index contributed by atoms with van der Waals surface area (Å²) in [5, 5.41) is 46.1. The maximum atomic E-state index is 5.59. The van der Waals surface area contributed by atoms with E-state index < -0.39 is 0 Å². The van der Waals surface area contributed by atoms with Crippen LogP contribution in [0.25, 0.3) is 0 Å². The summed E-state index contributed by atoms with van der Waals surface area (Å²) in [6.45, 7) is 47.8. The first-order chi connectivity index (χ1) is 45.7. The molecule has 7 fully saturated rings. The highest BCUT2D eigenvalue weighted by Gasteiger charge is 2.51. The van der Waals surface area contributed by atoms with Crippen LogP contribution in [0.3, 0.4) is 0 Å². The topological polar surface area (TPSA) is 251 Å². The van der Waals surface area contributed by atoms with Crippen molar-refractivity contribution in [2.45, 2.75) is 130 Å². The van der Waals surface area contributed by atoms with E-state index in [9.17, 15) is 0 Å². The molecule has 0 spiro atoms. The molecule has 7 aliphatic heterocycles. The molecule has 0 aromatic rings. The molecule has 7 saturated heterocycles. The van der Waals surface area contributed by atoms with Gasteiger partial charge in [0.1, 0.15) is 0 Å². The van der Waals surface area contributed by atoms with Crippen molar-refractivity contribution in [1.29, 1.82) is 0 Å². The molecule has 7 heterocycles. The molecule has 0 aromatic carbocycles. The summed E-state index contributed by atoms with van der Waals surface area (Å²) in [7, 11) is 38.2. The van der Waals surface area contributed by atoms with Crippen LogP contribution in [0.4, 0.5) is 0 Å². The predicted octanol–water partition coefficient (Wildman–Crippen LogP) is -6.18. The Balaban J connectivity index is 0.000000569. The first-order valence-corrected chi connectivity index (χ1v) is 36.4. The summed E-state index contributed by atoms with van der Waals surface area (Å²) in [5.74, 6) is 0. The summed E-state index contributed by atoms with van der Waals surface area (Å²) in [6.07, 6.45) is 2.30. The highest BCUT2D eigenvalue weighted by Crippen LogP contribution is 2.23. The summed E-state index contributed by atoms with van der Waals surface area (Å²) >= 11 is 0. The zero-order valence-electron chi connectivity index (χ0n) is 68.4. The second kappa shape index (κ2) is 49.8. The zero-order valence-corrected chi connectivity index (χ0v) is 68.4. The molecule has 0 aliphatic carbocycles. The highest BCUT2D eigenvalue weighted by atomic mass is 16.5. The van der Waals surface area contributed by atoms with Gasteiger partial charge in [-0.25, -0.2) is 0 Å². The van der Waals surface area contributed by atoms with Crippen molar-refractivity contribution in [3.8, 4) is 0 Å². The first-order valence-electron chi connectivity index (χ1n) is 36.4. The van der Waals surface area contributed by atoms with E-state index in [0.29, 0.717) is 69.9 Å². The molecule has 14 N–H and O–H groups in total. The number of rotatable bonds is 20. The quantitative estimate of drug-likeness (QED) is 0.0507. The summed E-state index contributed by atoms with van der Waals surface area (Å²) < 4.78 is 42.8. The van der Waals surface area contributed by atoms with Crippen LogP contribution in [0, 0.1) is 0 Å². The highest BCUT2D eigenvalue weighted by molar-refractivity contribution is 6.88. The van der Waals surface area contributed by atoms with Crippen LogP contribution in [0.15, 0.2) is 0 Å². The molecule has 7 rings (SSSR count). The molecule has 32 nitrogen and oxygen atoms in total. The third-order valence-electron chi connectivity index (χ3n) is 19.2. The van der Waals surface area contributed by atoms with E-state index in [-0.39, 0.29) is 85.1 Å². The lowest BCUT2D eigenvalue weighted by atomic mass is 9.45. The molecular weight excluding hydrogens is 1210 g/mol. The Morgan fingerprint density at radius 1 is 0.381 bits per heavy atom. The predicted molar refractivity (Wildman–Crippen MR) is 443 cm³/mol. The van der Waals surface area contributed by atoms with Crippen molar-refractivity contribution in [2.24, 2.45) is 0 Å². The van der Waals surface area contributed by atoms with Crippen LogP contribution >= 0.6 is 0 Å². The third-order valence-corrected chi connectivity index (χ3v) is 19.2. The van der Waals surface area contributed by atoms with Gasteiger partial charge in [0.2, 0.25) is 0 Å². The summed E-state index contributed by atoms with van der Waals surface area (Å²) in [5.41, 5.74) is 0. The van der Waals surface area contributed by atoms with E-state index in [4.69, 9.17) is 18.6 Å². The van der Waals surface area contributed by atoms with Crippen molar-refractivity contribution in [3.05, 3.63) is 0 Å². The number of hydrogen-bond donors (Lipinski definition) is 14. The van der Waals surface area contributed by atoms with Gasteiger partial charge in [0.15, 0.2) is 0 Å². The standard InChI is InChI=1S/C12H31B3N4.C7H21B3N4.C6H19B3N4O.C6H19B3N4.2C5H17B3N4O.C3H13B3N4O/c1-8-14-17(10-3)13(6)18(11-4)15(16(7)9-2)19(14)12-5;1-8-12(5)9(2)14(7)10(11(3)4)13(8)6;1-6-14-9-11-7(2)10-8(12(3)4)13(9)5;1-5-8-10-7(3)11-9(12-8)13(4)6-2;1-6-9-7(11(2)3)12(4)8(10-6)13-5;1-5-13-8-11-6(2)10-7(9-3)12(8)4;1-4-8-5(7-2)10-6(9-4)11-3/h8-12H2,1-7H3;1-7H3;10-11H,6H2,1-5H3;10-12H,5-6H2,1-4H3;9-10H,1-5H3;9-11H,5H2,1-4H3;7-10H,1-3H3. The number of nitrogens with zero attached hydrogens (tertiary/aromatic N) is 14. The minimum Gasteiger partial charge on any atom is -0.412 e. The van der Waals surface area contributed by atoms with Gasteiger partial charge in [-0.3, -0.25) is 0 Å². The minimum atomic E-state index is -0.0799. The maximum absolute atomic E-state index is 5.59. The molecule has 53 heteroatoms. The Bertz CT molecular complexity index is 1990. The molecule has 97 heavy (non-hydrogen) atoms. The fraction of sp³-hybridized carbons (Fsp3) is 1.00. The van der Waals surface area contributed by atoms with Crippen LogP contribution in [0.5, 0.6) is 0 Å². The van der Waals surface area contributed by atoms with E-state index in [0.717, 1.165) is 45.7 Å². The number of nitrogens with one attached hydrogen (secondary N) is 14. The Kier molecular flexibility index (Phi) is 48.8. The molecule has 0 saturated carbocycles. The van der Waals surface area contributed by atoms with Gasteiger partial charge in [0, 0.05) is 27.4 Å². The molecule has 7 aliphatic rings. The lowest BCUT2D eigenvalue weighted by molar-refractivity contribution is 0.306. The van der Waals surface area contributed by atoms with Crippen LogP contribution in [0.1, 0.15) is 62.3 Å². The fourth-order valence-electron chi connectivity index (χ4n) is 13.3. The molecule has 0 atom stereocenters. The minimum absolute atomic E-state index is 0.0105. The van der Waals surface area contributed by atoms with E-state index in [2.05, 4.69) is 298 Å². The van der Waals surface area contributed by atoms with Gasteiger partial charge < -0.3 is 157 Å². The molecule has 0 bridgehead atoms. The van der Waals surface area contributed by atoms with Gasteiger partial charge in [-0.15, -0.1) is 0 Å². The van der Waals surface area contributed by atoms with Gasteiger partial charge in [0.05, 0.1) is 0 Å². The van der Waals surface area contributed by atoms with Gasteiger partial charge in [-0.1, -0.05) is 103 Å².